The number of nitrogens with zero attached hydrogens (tertiary/aromatic N) is 3. The first-order valence-electron chi connectivity index (χ1n) is 8.49. The Hall–Kier alpha value is -2.38. The Labute approximate surface area is 156 Å². The lowest BCUT2D eigenvalue weighted by Crippen LogP contribution is -2.44. The summed E-state index contributed by atoms with van der Waals surface area (Å²) in [7, 11) is 1.57. The Morgan fingerprint density at radius 3 is 2.78 bits per heavy atom. The summed E-state index contributed by atoms with van der Waals surface area (Å²) in [6, 6.07) is 4.48. The molecule has 2 aliphatic rings. The van der Waals surface area contributed by atoms with Gasteiger partial charge in [0.05, 0.1) is 5.69 Å². The van der Waals surface area contributed by atoms with Crippen LogP contribution in [0.25, 0.3) is 11.3 Å². The third-order valence-electron chi connectivity index (χ3n) is 4.54. The number of halogens is 2. The van der Waals surface area contributed by atoms with Crippen molar-refractivity contribution in [3.8, 4) is 11.3 Å². The minimum atomic E-state index is -3.09. The molecule has 1 saturated heterocycles. The van der Waals surface area contributed by atoms with Crippen molar-refractivity contribution in [3.63, 3.8) is 0 Å². The summed E-state index contributed by atoms with van der Waals surface area (Å²) in [4.78, 5) is 22.2. The second kappa shape index (κ2) is 6.98. The highest BCUT2D eigenvalue weighted by atomic mass is 31.0. The number of carbonyl (C=O) groups excluding carboxylic acids is 1. The summed E-state index contributed by atoms with van der Waals surface area (Å²) in [6.07, 6.45) is 0.920. The van der Waals surface area contributed by atoms with E-state index in [9.17, 15) is 13.6 Å². The van der Waals surface area contributed by atoms with E-state index in [-0.39, 0.29) is 12.2 Å². The molecular formula is C17H18F2N5O2P. The lowest BCUT2D eigenvalue weighted by atomic mass is 10.0. The fourth-order valence-corrected chi connectivity index (χ4v) is 3.33. The van der Waals surface area contributed by atoms with E-state index in [1.54, 1.807) is 15.3 Å². The average molecular weight is 393 g/mol. The van der Waals surface area contributed by atoms with Gasteiger partial charge in [-0.05, 0) is 18.2 Å². The lowest BCUT2D eigenvalue weighted by Gasteiger charge is -2.29. The number of alkyl halides is 2. The zero-order valence-electron chi connectivity index (χ0n) is 14.3. The van der Waals surface area contributed by atoms with E-state index in [0.717, 1.165) is 13.1 Å². The van der Waals surface area contributed by atoms with Gasteiger partial charge in [-0.15, -0.1) is 0 Å². The van der Waals surface area contributed by atoms with Gasteiger partial charge in [0.15, 0.2) is 0 Å². The molecule has 0 aliphatic carbocycles. The van der Waals surface area contributed by atoms with Crippen LogP contribution in [0.15, 0.2) is 24.4 Å². The molecule has 0 aromatic carbocycles. The summed E-state index contributed by atoms with van der Waals surface area (Å²) in [5.74, 6) is 0.856. The molecule has 0 radical (unpaired) electrons. The van der Waals surface area contributed by atoms with E-state index in [1.807, 2.05) is 4.90 Å². The van der Waals surface area contributed by atoms with Gasteiger partial charge < -0.3 is 15.0 Å². The van der Waals surface area contributed by atoms with E-state index in [4.69, 9.17) is 4.74 Å². The Morgan fingerprint density at radius 1 is 1.26 bits per heavy atom. The van der Waals surface area contributed by atoms with Crippen LogP contribution in [0.3, 0.4) is 0 Å². The second-order valence-electron chi connectivity index (χ2n) is 6.35. The quantitative estimate of drug-likeness (QED) is 0.781. The van der Waals surface area contributed by atoms with Gasteiger partial charge in [-0.1, -0.05) is 9.24 Å². The van der Waals surface area contributed by atoms with Gasteiger partial charge >= 0.3 is 6.09 Å². The van der Waals surface area contributed by atoms with Gasteiger partial charge in [0.1, 0.15) is 18.2 Å². The molecule has 2 aliphatic heterocycles. The average Bonchev–Trinajstić information content (AvgIpc) is 2.67. The molecule has 0 spiro atoms. The van der Waals surface area contributed by atoms with Crippen molar-refractivity contribution < 1.29 is 18.3 Å². The summed E-state index contributed by atoms with van der Waals surface area (Å²) in [5, 5.41) is 5.76. The fourth-order valence-electron chi connectivity index (χ4n) is 3.16. The molecule has 7 nitrogen and oxygen atoms in total. The monoisotopic (exact) mass is 393 g/mol. The molecule has 2 N–H and O–H groups in total. The fraction of sp³-hybridized carbons (Fsp3) is 0.353. The Morgan fingerprint density at radius 2 is 2.04 bits per heavy atom. The summed E-state index contributed by atoms with van der Waals surface area (Å²) in [6.45, 7) is 2.92. The lowest BCUT2D eigenvalue weighted by molar-refractivity contribution is 0.104. The number of piperazine rings is 1. The SMILES string of the molecule is O=C1Nc2nccc(-c3cc(C(F)(F)P)cc(N4CCNCC4)n3)c2CO1. The highest BCUT2D eigenvalue weighted by Crippen LogP contribution is 2.39. The maximum absolute atomic E-state index is 14.1. The standard InChI is InChI=1S/C17H18F2N5O2P/c18-17(19,27)10-7-13(22-14(8-10)24-5-3-20-4-6-24)11-1-2-21-15-12(11)9-26-16(25)23-15/h1-2,7-8,20H,3-6,9,27H2,(H,21,23,25). The van der Waals surface area contributed by atoms with Crippen molar-refractivity contribution >= 4 is 27.0 Å². The van der Waals surface area contributed by atoms with Crippen molar-refractivity contribution in [2.24, 2.45) is 0 Å². The van der Waals surface area contributed by atoms with E-state index in [1.165, 1.54) is 18.3 Å². The van der Waals surface area contributed by atoms with Crippen molar-refractivity contribution in [2.75, 3.05) is 36.4 Å². The number of cyclic esters (lactones) is 1. The summed E-state index contributed by atoms with van der Waals surface area (Å²) >= 11 is 0. The molecule has 0 bridgehead atoms. The van der Waals surface area contributed by atoms with Crippen molar-refractivity contribution in [3.05, 3.63) is 35.5 Å². The van der Waals surface area contributed by atoms with Gasteiger partial charge in [-0.25, -0.2) is 14.8 Å². The van der Waals surface area contributed by atoms with E-state index >= 15 is 0 Å². The summed E-state index contributed by atoms with van der Waals surface area (Å²) < 4.78 is 33.2. The molecule has 1 fully saturated rings. The molecule has 10 heteroatoms. The van der Waals surface area contributed by atoms with Crippen LogP contribution in [-0.4, -0.2) is 42.2 Å². The number of hydrogen-bond acceptors (Lipinski definition) is 6. The first-order valence-corrected chi connectivity index (χ1v) is 9.06. The molecule has 2 aromatic rings. The van der Waals surface area contributed by atoms with Crippen LogP contribution in [0.5, 0.6) is 0 Å². The Kier molecular flexibility index (Phi) is 4.65. The van der Waals surface area contributed by atoms with Gasteiger partial charge in [-0.2, -0.15) is 8.78 Å². The first-order chi connectivity index (χ1) is 12.9. The first kappa shape index (κ1) is 18.0. The third-order valence-corrected chi connectivity index (χ3v) is 4.87. The predicted molar refractivity (Wildman–Crippen MR) is 100.0 cm³/mol. The molecule has 1 amide bonds. The molecule has 1 atom stereocenters. The van der Waals surface area contributed by atoms with Crippen LogP contribution in [0.2, 0.25) is 0 Å². The van der Waals surface area contributed by atoms with E-state index in [0.29, 0.717) is 41.5 Å². The highest BCUT2D eigenvalue weighted by molar-refractivity contribution is 7.17. The molecular weight excluding hydrogens is 375 g/mol. The number of rotatable bonds is 3. The van der Waals surface area contributed by atoms with Crippen molar-refractivity contribution in [1.82, 2.24) is 15.3 Å². The van der Waals surface area contributed by atoms with Crippen LogP contribution in [0, 0.1) is 0 Å². The molecule has 4 heterocycles. The van der Waals surface area contributed by atoms with Crippen molar-refractivity contribution in [1.29, 1.82) is 0 Å². The molecule has 142 valence electrons. The predicted octanol–water partition coefficient (Wildman–Crippen LogP) is 2.54. The number of anilines is 2. The van der Waals surface area contributed by atoms with Crippen LogP contribution in [0.1, 0.15) is 11.1 Å². The molecule has 2 aromatic heterocycles. The number of aromatic nitrogens is 2. The molecule has 0 saturated carbocycles. The van der Waals surface area contributed by atoms with E-state index < -0.39 is 11.8 Å². The van der Waals surface area contributed by atoms with E-state index in [2.05, 4.69) is 20.6 Å². The minimum Gasteiger partial charge on any atom is -0.444 e. The number of carbonyl (C=O) groups is 1. The smallest absolute Gasteiger partial charge is 0.413 e. The van der Waals surface area contributed by atoms with Gasteiger partial charge in [-0.3, -0.25) is 5.32 Å². The largest absolute Gasteiger partial charge is 0.444 e. The van der Waals surface area contributed by atoms with Crippen LogP contribution >= 0.6 is 9.24 Å². The molecule has 4 rings (SSSR count). The second-order valence-corrected chi connectivity index (χ2v) is 7.07. The number of fused-ring (bicyclic) bond motifs is 1. The Bertz CT molecular complexity index is 884. The maximum Gasteiger partial charge on any atom is 0.413 e. The topological polar surface area (TPSA) is 79.4 Å². The number of ether oxygens (including phenoxy) is 1. The highest BCUT2D eigenvalue weighted by Gasteiger charge is 2.29. The zero-order valence-corrected chi connectivity index (χ0v) is 15.5. The summed E-state index contributed by atoms with van der Waals surface area (Å²) in [5.41, 5.74) is -1.62. The number of pyridine rings is 2. The van der Waals surface area contributed by atoms with Crippen LogP contribution in [-0.2, 0) is 17.0 Å². The number of hydrogen-bond donors (Lipinski definition) is 2. The maximum atomic E-state index is 14.1. The van der Waals surface area contributed by atoms with Crippen LogP contribution < -0.4 is 15.5 Å². The number of nitrogens with one attached hydrogen (secondary N) is 2. The molecule has 27 heavy (non-hydrogen) atoms. The van der Waals surface area contributed by atoms with Crippen LogP contribution in [0.4, 0.5) is 25.2 Å². The van der Waals surface area contributed by atoms with Gasteiger partial charge in [0.2, 0.25) is 0 Å². The third kappa shape index (κ3) is 3.70. The van der Waals surface area contributed by atoms with Crippen molar-refractivity contribution in [2.45, 2.75) is 12.3 Å². The normalized spacial score (nSPS) is 17.1. The zero-order chi connectivity index (χ0) is 19.0. The minimum absolute atomic E-state index is 0.0104. The van der Waals surface area contributed by atoms with Gasteiger partial charge in [0, 0.05) is 49.1 Å². The molecule has 1 unspecified atom stereocenters. The van der Waals surface area contributed by atoms with Gasteiger partial charge in [0.25, 0.3) is 5.66 Å². The number of amides is 1. The Balaban J connectivity index is 1.83.